The molecule has 5 heteroatoms. The third kappa shape index (κ3) is 2.93. The summed E-state index contributed by atoms with van der Waals surface area (Å²) in [5.41, 5.74) is 0.935. The van der Waals surface area contributed by atoms with Crippen molar-refractivity contribution in [2.24, 2.45) is 0 Å². The minimum atomic E-state index is 0.551. The monoisotopic (exact) mass is 269 g/mol. The van der Waals surface area contributed by atoms with Gasteiger partial charge in [-0.25, -0.2) is 4.98 Å². The summed E-state index contributed by atoms with van der Waals surface area (Å²) < 4.78 is 2.09. The van der Waals surface area contributed by atoms with E-state index in [1.54, 1.807) is 12.3 Å². The average molecular weight is 270 g/mol. The van der Waals surface area contributed by atoms with Gasteiger partial charge in [0, 0.05) is 24.6 Å². The maximum Gasteiger partial charge on any atom is 0.128 e. The number of halogens is 2. The van der Waals surface area contributed by atoms with Crippen LogP contribution in [-0.4, -0.2) is 9.55 Å². The normalized spacial score (nSPS) is 10.5. The third-order valence-corrected chi connectivity index (χ3v) is 3.25. The summed E-state index contributed by atoms with van der Waals surface area (Å²) in [6, 6.07) is 5.48. The van der Waals surface area contributed by atoms with E-state index < -0.39 is 0 Å². The first-order chi connectivity index (χ1) is 8.20. The van der Waals surface area contributed by atoms with Crippen LogP contribution in [-0.2, 0) is 13.1 Å². The van der Waals surface area contributed by atoms with Crippen LogP contribution in [0.4, 0.5) is 5.69 Å². The van der Waals surface area contributed by atoms with Crippen molar-refractivity contribution >= 4 is 28.9 Å². The number of nitrogens with zero attached hydrogens (tertiary/aromatic N) is 2. The van der Waals surface area contributed by atoms with Crippen LogP contribution in [0.2, 0.25) is 10.0 Å². The van der Waals surface area contributed by atoms with Gasteiger partial charge >= 0.3 is 0 Å². The molecule has 1 heterocycles. The van der Waals surface area contributed by atoms with Gasteiger partial charge in [0.05, 0.1) is 16.6 Å². The van der Waals surface area contributed by atoms with Gasteiger partial charge < -0.3 is 9.88 Å². The van der Waals surface area contributed by atoms with Crippen LogP contribution in [0.25, 0.3) is 0 Å². The minimum Gasteiger partial charge on any atom is -0.378 e. The number of imidazole rings is 1. The van der Waals surface area contributed by atoms with Crippen LogP contribution in [0.15, 0.2) is 30.6 Å². The quantitative estimate of drug-likeness (QED) is 0.915. The van der Waals surface area contributed by atoms with E-state index in [0.717, 1.165) is 18.1 Å². The second-order valence-corrected chi connectivity index (χ2v) is 4.43. The van der Waals surface area contributed by atoms with Gasteiger partial charge in [0.15, 0.2) is 0 Å². The zero-order chi connectivity index (χ0) is 12.3. The molecule has 0 unspecified atom stereocenters. The largest absolute Gasteiger partial charge is 0.378 e. The van der Waals surface area contributed by atoms with Gasteiger partial charge in [0.1, 0.15) is 5.82 Å². The van der Waals surface area contributed by atoms with Gasteiger partial charge in [-0.15, -0.1) is 0 Å². The maximum atomic E-state index is 5.94. The number of anilines is 1. The fourth-order valence-electron chi connectivity index (χ4n) is 1.58. The number of aryl methyl sites for hydroxylation is 1. The van der Waals surface area contributed by atoms with Crippen molar-refractivity contribution in [2.45, 2.75) is 20.0 Å². The third-order valence-electron chi connectivity index (χ3n) is 2.51. The molecule has 3 nitrogen and oxygen atoms in total. The lowest BCUT2D eigenvalue weighted by molar-refractivity contribution is 0.708. The highest BCUT2D eigenvalue weighted by atomic mass is 35.5. The molecule has 0 spiro atoms. The number of hydrogen-bond acceptors (Lipinski definition) is 2. The first-order valence-corrected chi connectivity index (χ1v) is 6.15. The van der Waals surface area contributed by atoms with E-state index in [2.05, 4.69) is 21.8 Å². The van der Waals surface area contributed by atoms with E-state index in [9.17, 15) is 0 Å². The Morgan fingerprint density at radius 1 is 1.29 bits per heavy atom. The SMILES string of the molecule is CCn1ccnc1CNc1ccc(Cl)c(Cl)c1. The van der Waals surface area contributed by atoms with Crippen LogP contribution in [0, 0.1) is 0 Å². The van der Waals surface area contributed by atoms with Crippen LogP contribution in [0.5, 0.6) is 0 Å². The fourth-order valence-corrected chi connectivity index (χ4v) is 1.88. The first-order valence-electron chi connectivity index (χ1n) is 5.39. The molecule has 0 fully saturated rings. The van der Waals surface area contributed by atoms with Crippen molar-refractivity contribution in [3.63, 3.8) is 0 Å². The van der Waals surface area contributed by atoms with E-state index in [1.807, 2.05) is 18.3 Å². The number of aromatic nitrogens is 2. The predicted octanol–water partition coefficient (Wildman–Crippen LogP) is 3.82. The van der Waals surface area contributed by atoms with Gasteiger partial charge in [-0.2, -0.15) is 0 Å². The molecular formula is C12H13Cl2N3. The van der Waals surface area contributed by atoms with Crippen molar-refractivity contribution in [3.8, 4) is 0 Å². The summed E-state index contributed by atoms with van der Waals surface area (Å²) in [6.45, 7) is 3.67. The molecular weight excluding hydrogens is 257 g/mol. The molecule has 0 saturated heterocycles. The molecule has 0 saturated carbocycles. The summed E-state index contributed by atoms with van der Waals surface area (Å²) in [5.74, 6) is 0.999. The van der Waals surface area contributed by atoms with Crippen molar-refractivity contribution < 1.29 is 0 Å². The van der Waals surface area contributed by atoms with Crippen LogP contribution in [0.3, 0.4) is 0 Å². The number of rotatable bonds is 4. The van der Waals surface area contributed by atoms with Gasteiger partial charge in [0.2, 0.25) is 0 Å². The van der Waals surface area contributed by atoms with Gasteiger partial charge in [-0.05, 0) is 25.1 Å². The Morgan fingerprint density at radius 2 is 2.12 bits per heavy atom. The highest BCUT2D eigenvalue weighted by Crippen LogP contribution is 2.25. The molecule has 1 aromatic heterocycles. The Morgan fingerprint density at radius 3 is 2.82 bits per heavy atom. The van der Waals surface area contributed by atoms with E-state index in [1.165, 1.54) is 0 Å². The van der Waals surface area contributed by atoms with Crippen LogP contribution in [0.1, 0.15) is 12.7 Å². The smallest absolute Gasteiger partial charge is 0.128 e. The second kappa shape index (κ2) is 5.43. The molecule has 17 heavy (non-hydrogen) atoms. The molecule has 0 radical (unpaired) electrons. The molecule has 2 rings (SSSR count). The molecule has 2 aromatic rings. The van der Waals surface area contributed by atoms with E-state index in [-0.39, 0.29) is 0 Å². The van der Waals surface area contributed by atoms with Crippen molar-refractivity contribution in [1.82, 2.24) is 9.55 Å². The minimum absolute atomic E-state index is 0.551. The molecule has 1 N–H and O–H groups in total. The molecule has 0 bridgehead atoms. The summed E-state index contributed by atoms with van der Waals surface area (Å²) >= 11 is 11.8. The Hall–Kier alpha value is -1.19. The summed E-state index contributed by atoms with van der Waals surface area (Å²) in [6.07, 6.45) is 3.77. The summed E-state index contributed by atoms with van der Waals surface area (Å²) in [4.78, 5) is 4.28. The zero-order valence-electron chi connectivity index (χ0n) is 9.45. The number of nitrogens with one attached hydrogen (secondary N) is 1. The van der Waals surface area contributed by atoms with E-state index in [0.29, 0.717) is 16.6 Å². The van der Waals surface area contributed by atoms with Gasteiger partial charge in [-0.3, -0.25) is 0 Å². The Bertz CT molecular complexity index is 508. The lowest BCUT2D eigenvalue weighted by Gasteiger charge is -2.08. The van der Waals surface area contributed by atoms with Crippen molar-refractivity contribution in [3.05, 3.63) is 46.5 Å². The summed E-state index contributed by atoms with van der Waals surface area (Å²) in [7, 11) is 0. The lowest BCUT2D eigenvalue weighted by Crippen LogP contribution is -2.07. The van der Waals surface area contributed by atoms with Gasteiger partial charge in [-0.1, -0.05) is 23.2 Å². The Balaban J connectivity index is 2.05. The van der Waals surface area contributed by atoms with Crippen LogP contribution < -0.4 is 5.32 Å². The molecule has 0 atom stereocenters. The Kier molecular flexibility index (Phi) is 3.92. The van der Waals surface area contributed by atoms with Gasteiger partial charge in [0.25, 0.3) is 0 Å². The standard InChI is InChI=1S/C12H13Cl2N3/c1-2-17-6-5-15-12(17)8-16-9-3-4-10(13)11(14)7-9/h3-7,16H,2,8H2,1H3. The number of benzene rings is 1. The molecule has 0 aliphatic rings. The second-order valence-electron chi connectivity index (χ2n) is 3.61. The number of hydrogen-bond donors (Lipinski definition) is 1. The lowest BCUT2D eigenvalue weighted by atomic mass is 10.3. The predicted molar refractivity (Wildman–Crippen MR) is 71.7 cm³/mol. The van der Waals surface area contributed by atoms with E-state index >= 15 is 0 Å². The molecule has 0 aliphatic heterocycles. The summed E-state index contributed by atoms with van der Waals surface area (Å²) in [5, 5.41) is 4.38. The van der Waals surface area contributed by atoms with Crippen LogP contribution >= 0.6 is 23.2 Å². The molecule has 1 aromatic carbocycles. The van der Waals surface area contributed by atoms with E-state index in [4.69, 9.17) is 23.2 Å². The first kappa shape index (κ1) is 12.3. The highest BCUT2D eigenvalue weighted by molar-refractivity contribution is 6.42. The van der Waals surface area contributed by atoms with Crippen molar-refractivity contribution in [2.75, 3.05) is 5.32 Å². The molecule has 0 aliphatic carbocycles. The maximum absolute atomic E-state index is 5.94. The fraction of sp³-hybridized carbons (Fsp3) is 0.250. The average Bonchev–Trinajstić information content (AvgIpc) is 2.78. The Labute approximate surface area is 110 Å². The topological polar surface area (TPSA) is 29.9 Å². The zero-order valence-corrected chi connectivity index (χ0v) is 11.0. The molecule has 90 valence electrons. The highest BCUT2D eigenvalue weighted by Gasteiger charge is 2.02. The van der Waals surface area contributed by atoms with Crippen molar-refractivity contribution in [1.29, 1.82) is 0 Å². The molecule has 0 amide bonds.